The van der Waals surface area contributed by atoms with Crippen LogP contribution in [0.4, 0.5) is 0 Å². The number of ether oxygens (including phenoxy) is 1. The molecule has 0 aliphatic rings. The van der Waals surface area contributed by atoms with E-state index in [1.165, 1.54) is 0 Å². The maximum absolute atomic E-state index is 10.8. The molecule has 1 aromatic heterocycles. The molecule has 0 fully saturated rings. The van der Waals surface area contributed by atoms with Gasteiger partial charge in [0.05, 0.1) is 17.1 Å². The third-order valence-corrected chi connectivity index (χ3v) is 6.28. The van der Waals surface area contributed by atoms with Crippen molar-refractivity contribution in [3.8, 4) is 0 Å². The average Bonchev–Trinajstić information content (AvgIpc) is 2.86. The van der Waals surface area contributed by atoms with Gasteiger partial charge >= 0.3 is 0 Å². The Kier molecular flexibility index (Phi) is 6.33. The number of hydrogen-bond acceptors (Lipinski definition) is 4. The molecule has 0 saturated heterocycles. The van der Waals surface area contributed by atoms with E-state index in [-0.39, 0.29) is 12.0 Å². The summed E-state index contributed by atoms with van der Waals surface area (Å²) in [5.74, 6) is 0.570. The first-order valence-corrected chi connectivity index (χ1v) is 13.0. The predicted molar refractivity (Wildman–Crippen MR) is 109 cm³/mol. The Labute approximate surface area is 158 Å². The van der Waals surface area contributed by atoms with Crippen molar-refractivity contribution in [2.24, 2.45) is 5.41 Å². The number of fused-ring (bicyclic) bond motifs is 1. The highest BCUT2D eigenvalue weighted by atomic mass is 28.3. The van der Waals surface area contributed by atoms with Gasteiger partial charge in [-0.05, 0) is 30.0 Å². The number of rotatable bonds is 7. The Balaban J connectivity index is 2.40. The van der Waals surface area contributed by atoms with E-state index < -0.39 is 14.2 Å². The Morgan fingerprint density at radius 3 is 2.42 bits per heavy atom. The van der Waals surface area contributed by atoms with Crippen LogP contribution >= 0.6 is 0 Å². The summed E-state index contributed by atoms with van der Waals surface area (Å²) in [6, 6.07) is 5.13. The first-order chi connectivity index (χ1) is 11.9. The van der Waals surface area contributed by atoms with Gasteiger partial charge in [0, 0.05) is 20.2 Å². The van der Waals surface area contributed by atoms with E-state index in [9.17, 15) is 10.2 Å². The summed E-state index contributed by atoms with van der Waals surface area (Å²) in [4.78, 5) is 4.62. The molecule has 26 heavy (non-hydrogen) atoms. The molecule has 1 unspecified atom stereocenters. The van der Waals surface area contributed by atoms with Crippen molar-refractivity contribution < 1.29 is 14.9 Å². The standard InChI is InChI=1S/C20H34N2O3Si/c1-14-10-15(19(24)20(2,3)4)18-16(11-14)22(17(12-23)21-18)13-25-8-9-26(5,6)7/h10-11,19,23-24H,8-9,12-13H2,1-7H3. The number of imidazole rings is 1. The van der Waals surface area contributed by atoms with Crippen LogP contribution in [0.3, 0.4) is 0 Å². The molecule has 1 atom stereocenters. The Hall–Kier alpha value is -1.21. The Morgan fingerprint density at radius 1 is 1.23 bits per heavy atom. The second kappa shape index (κ2) is 7.80. The summed E-state index contributed by atoms with van der Waals surface area (Å²) in [6.45, 7) is 15.9. The van der Waals surface area contributed by atoms with Crippen molar-refractivity contribution in [1.82, 2.24) is 9.55 Å². The fourth-order valence-electron chi connectivity index (χ4n) is 2.92. The van der Waals surface area contributed by atoms with Crippen LogP contribution in [0.15, 0.2) is 12.1 Å². The molecular weight excluding hydrogens is 344 g/mol. The normalized spacial score (nSPS) is 14.2. The smallest absolute Gasteiger partial charge is 0.137 e. The van der Waals surface area contributed by atoms with Crippen LogP contribution in [0.2, 0.25) is 25.7 Å². The van der Waals surface area contributed by atoms with Crippen LogP contribution in [0.25, 0.3) is 11.0 Å². The fourth-order valence-corrected chi connectivity index (χ4v) is 3.67. The highest BCUT2D eigenvalue weighted by molar-refractivity contribution is 6.76. The third kappa shape index (κ3) is 4.94. The monoisotopic (exact) mass is 378 g/mol. The quantitative estimate of drug-likeness (QED) is 0.559. The van der Waals surface area contributed by atoms with Gasteiger partial charge in [0.1, 0.15) is 19.2 Å². The van der Waals surface area contributed by atoms with Crippen molar-refractivity contribution in [2.75, 3.05) is 6.61 Å². The van der Waals surface area contributed by atoms with Crippen molar-refractivity contribution in [1.29, 1.82) is 0 Å². The molecule has 146 valence electrons. The Morgan fingerprint density at radius 2 is 1.88 bits per heavy atom. The van der Waals surface area contributed by atoms with Crippen molar-refractivity contribution >= 4 is 19.1 Å². The number of aliphatic hydroxyl groups excluding tert-OH is 2. The number of hydrogen-bond donors (Lipinski definition) is 2. The highest BCUT2D eigenvalue weighted by Crippen LogP contribution is 2.37. The molecule has 2 rings (SSSR count). The summed E-state index contributed by atoms with van der Waals surface area (Å²) in [6.07, 6.45) is -0.632. The minimum absolute atomic E-state index is 0.157. The maximum Gasteiger partial charge on any atom is 0.137 e. The van der Waals surface area contributed by atoms with Gasteiger partial charge in [0.2, 0.25) is 0 Å². The van der Waals surface area contributed by atoms with Gasteiger partial charge in [0.15, 0.2) is 0 Å². The first-order valence-electron chi connectivity index (χ1n) is 9.30. The van der Waals surface area contributed by atoms with Gasteiger partial charge in [-0.3, -0.25) is 0 Å². The van der Waals surface area contributed by atoms with Gasteiger partial charge in [-0.15, -0.1) is 0 Å². The van der Waals surface area contributed by atoms with Gasteiger partial charge in [-0.25, -0.2) is 4.98 Å². The van der Waals surface area contributed by atoms with Crippen LogP contribution in [0.1, 0.15) is 43.8 Å². The lowest BCUT2D eigenvalue weighted by Crippen LogP contribution is -2.22. The summed E-state index contributed by atoms with van der Waals surface area (Å²) in [5.41, 5.74) is 3.22. The zero-order chi connectivity index (χ0) is 19.7. The van der Waals surface area contributed by atoms with E-state index in [0.29, 0.717) is 19.2 Å². The second-order valence-electron chi connectivity index (χ2n) is 9.45. The molecule has 0 spiro atoms. The lowest BCUT2D eigenvalue weighted by molar-refractivity contribution is 0.0637. The number of aliphatic hydroxyl groups is 2. The lowest BCUT2D eigenvalue weighted by atomic mass is 9.84. The summed E-state index contributed by atoms with van der Waals surface area (Å²) in [7, 11) is -1.14. The molecule has 5 nitrogen and oxygen atoms in total. The van der Waals surface area contributed by atoms with E-state index >= 15 is 0 Å². The molecule has 0 aliphatic carbocycles. The zero-order valence-corrected chi connectivity index (χ0v) is 18.3. The maximum atomic E-state index is 10.8. The SMILES string of the molecule is Cc1cc(C(O)C(C)(C)C)c2nc(CO)n(COCC[Si](C)(C)C)c2c1. The predicted octanol–water partition coefficient (Wildman–Crippen LogP) is 4.23. The molecule has 2 aromatic rings. The van der Waals surface area contributed by atoms with Crippen molar-refractivity contribution in [2.45, 2.75) is 72.8 Å². The minimum atomic E-state index is -1.14. The molecule has 0 saturated carbocycles. The van der Waals surface area contributed by atoms with E-state index in [4.69, 9.17) is 4.74 Å². The van der Waals surface area contributed by atoms with Crippen molar-refractivity contribution in [3.05, 3.63) is 29.1 Å². The average molecular weight is 379 g/mol. The molecule has 6 heteroatoms. The second-order valence-corrected chi connectivity index (χ2v) is 15.1. The highest BCUT2D eigenvalue weighted by Gasteiger charge is 2.27. The van der Waals surface area contributed by atoms with Crippen molar-refractivity contribution in [3.63, 3.8) is 0 Å². The number of nitrogens with zero attached hydrogens (tertiary/aromatic N) is 2. The van der Waals surface area contributed by atoms with Gasteiger partial charge in [-0.2, -0.15) is 0 Å². The van der Waals surface area contributed by atoms with E-state index in [2.05, 4.69) is 24.6 Å². The fraction of sp³-hybridized carbons (Fsp3) is 0.650. The topological polar surface area (TPSA) is 67.5 Å². The minimum Gasteiger partial charge on any atom is -0.388 e. The lowest BCUT2D eigenvalue weighted by Gasteiger charge is -2.26. The molecule has 0 bridgehead atoms. The van der Waals surface area contributed by atoms with Crippen LogP contribution in [0, 0.1) is 12.3 Å². The molecule has 0 aliphatic heterocycles. The van der Waals surface area contributed by atoms with Crippen LogP contribution in [-0.2, 0) is 18.1 Å². The largest absolute Gasteiger partial charge is 0.388 e. The van der Waals surface area contributed by atoms with Crippen LogP contribution in [-0.4, -0.2) is 34.4 Å². The summed E-state index contributed by atoms with van der Waals surface area (Å²) >= 11 is 0. The molecular formula is C20H34N2O3Si. The van der Waals surface area contributed by atoms with E-state index in [1.54, 1.807) is 0 Å². The molecule has 1 aromatic carbocycles. The molecule has 2 N–H and O–H groups in total. The first kappa shape index (κ1) is 21.1. The van der Waals surface area contributed by atoms with E-state index in [1.807, 2.05) is 44.4 Å². The zero-order valence-electron chi connectivity index (χ0n) is 17.3. The molecule has 0 radical (unpaired) electrons. The summed E-state index contributed by atoms with van der Waals surface area (Å²) in [5, 5.41) is 20.6. The van der Waals surface area contributed by atoms with Crippen LogP contribution in [0.5, 0.6) is 0 Å². The number of benzene rings is 1. The molecule has 1 heterocycles. The molecule has 0 amide bonds. The Bertz CT molecular complexity index is 757. The van der Waals surface area contributed by atoms with Gasteiger partial charge in [-0.1, -0.05) is 46.5 Å². The number of aryl methyl sites for hydroxylation is 1. The van der Waals surface area contributed by atoms with Gasteiger partial charge < -0.3 is 19.5 Å². The van der Waals surface area contributed by atoms with Crippen LogP contribution < -0.4 is 0 Å². The number of aromatic nitrogens is 2. The summed E-state index contributed by atoms with van der Waals surface area (Å²) < 4.78 is 7.82. The third-order valence-electron chi connectivity index (χ3n) is 4.58. The van der Waals surface area contributed by atoms with E-state index in [0.717, 1.165) is 28.2 Å². The van der Waals surface area contributed by atoms with Gasteiger partial charge in [0.25, 0.3) is 0 Å².